The topological polar surface area (TPSA) is 3.24 Å². The third-order valence-electron chi connectivity index (χ3n) is 8.06. The van der Waals surface area contributed by atoms with Crippen molar-refractivity contribution in [1.82, 2.24) is 0 Å². The first kappa shape index (κ1) is 24.6. The van der Waals surface area contributed by atoms with Crippen LogP contribution in [-0.4, -0.2) is 0 Å². The fourth-order valence-electron chi connectivity index (χ4n) is 5.99. The number of fused-ring (bicyclic) bond motifs is 5. The maximum absolute atomic E-state index is 2.33. The maximum atomic E-state index is 2.33. The lowest BCUT2D eigenvalue weighted by Gasteiger charge is -2.26. The van der Waals surface area contributed by atoms with Crippen LogP contribution in [0.3, 0.4) is 0 Å². The van der Waals surface area contributed by atoms with Gasteiger partial charge in [-0.05, 0) is 87.6 Å². The van der Waals surface area contributed by atoms with E-state index in [1.54, 1.807) is 0 Å². The SMILES string of the molecule is c1ccc(-c2ccc(N(c3ccccc3)c3ccc(-c4ccc5c(ccc6sc7ccccc7c65)c4)cc3)cc2)cc1. The highest BCUT2D eigenvalue weighted by molar-refractivity contribution is 7.26. The van der Waals surface area contributed by atoms with Gasteiger partial charge < -0.3 is 4.90 Å². The van der Waals surface area contributed by atoms with Crippen LogP contribution in [0.1, 0.15) is 0 Å². The molecule has 198 valence electrons. The van der Waals surface area contributed by atoms with Gasteiger partial charge in [-0.2, -0.15) is 0 Å². The number of anilines is 3. The lowest BCUT2D eigenvalue weighted by atomic mass is 9.98. The van der Waals surface area contributed by atoms with Crippen LogP contribution in [0.15, 0.2) is 164 Å². The average Bonchev–Trinajstić information content (AvgIpc) is 3.45. The van der Waals surface area contributed by atoms with Gasteiger partial charge in [0, 0.05) is 37.2 Å². The van der Waals surface area contributed by atoms with Crippen LogP contribution >= 0.6 is 11.3 Å². The lowest BCUT2D eigenvalue weighted by molar-refractivity contribution is 1.28. The van der Waals surface area contributed by atoms with Gasteiger partial charge in [-0.25, -0.2) is 0 Å². The summed E-state index contributed by atoms with van der Waals surface area (Å²) in [5, 5.41) is 5.31. The highest BCUT2D eigenvalue weighted by Crippen LogP contribution is 2.40. The van der Waals surface area contributed by atoms with Crippen molar-refractivity contribution in [3.05, 3.63) is 164 Å². The molecule has 0 aliphatic rings. The van der Waals surface area contributed by atoms with Crippen LogP contribution in [-0.2, 0) is 0 Å². The molecule has 0 N–H and O–H groups in total. The van der Waals surface area contributed by atoms with Gasteiger partial charge in [0.2, 0.25) is 0 Å². The molecule has 0 unspecified atom stereocenters. The Kier molecular flexibility index (Phi) is 6.05. The Labute approximate surface area is 249 Å². The molecule has 0 aliphatic carbocycles. The predicted molar refractivity (Wildman–Crippen MR) is 182 cm³/mol. The minimum absolute atomic E-state index is 1.13. The van der Waals surface area contributed by atoms with E-state index in [0.717, 1.165) is 17.1 Å². The molecule has 8 aromatic rings. The van der Waals surface area contributed by atoms with Crippen molar-refractivity contribution in [2.75, 3.05) is 4.90 Å². The molecule has 8 rings (SSSR count). The highest BCUT2D eigenvalue weighted by Gasteiger charge is 2.14. The Hall–Kier alpha value is -5.18. The van der Waals surface area contributed by atoms with Crippen LogP contribution in [0.25, 0.3) is 53.2 Å². The van der Waals surface area contributed by atoms with Gasteiger partial charge >= 0.3 is 0 Å². The van der Waals surface area contributed by atoms with E-state index in [4.69, 9.17) is 0 Å². The third-order valence-corrected chi connectivity index (χ3v) is 9.20. The molecule has 7 aromatic carbocycles. The molecule has 0 bridgehead atoms. The fraction of sp³-hybridized carbons (Fsp3) is 0. The van der Waals surface area contributed by atoms with Crippen molar-refractivity contribution in [2.45, 2.75) is 0 Å². The first-order valence-electron chi connectivity index (χ1n) is 14.3. The summed E-state index contributed by atoms with van der Waals surface area (Å²) < 4.78 is 2.69. The zero-order valence-corrected chi connectivity index (χ0v) is 23.8. The minimum atomic E-state index is 1.13. The second kappa shape index (κ2) is 10.3. The molecule has 0 fully saturated rings. The van der Waals surface area contributed by atoms with Gasteiger partial charge in [0.15, 0.2) is 0 Å². The molecule has 42 heavy (non-hydrogen) atoms. The summed E-state index contributed by atoms with van der Waals surface area (Å²) in [5.74, 6) is 0. The van der Waals surface area contributed by atoms with Gasteiger partial charge in [-0.15, -0.1) is 11.3 Å². The van der Waals surface area contributed by atoms with Crippen LogP contribution in [0.5, 0.6) is 0 Å². The van der Waals surface area contributed by atoms with Crippen LogP contribution in [0.2, 0.25) is 0 Å². The van der Waals surface area contributed by atoms with Crippen molar-refractivity contribution >= 4 is 59.3 Å². The van der Waals surface area contributed by atoms with Crippen molar-refractivity contribution < 1.29 is 0 Å². The maximum Gasteiger partial charge on any atom is 0.0462 e. The monoisotopic (exact) mass is 553 g/mol. The van der Waals surface area contributed by atoms with Gasteiger partial charge in [0.1, 0.15) is 0 Å². The molecular formula is C40H27NS. The molecule has 0 saturated heterocycles. The molecule has 0 radical (unpaired) electrons. The number of benzene rings is 7. The van der Waals surface area contributed by atoms with E-state index in [1.807, 2.05) is 11.3 Å². The Bertz CT molecular complexity index is 2160. The van der Waals surface area contributed by atoms with Crippen molar-refractivity contribution in [3.63, 3.8) is 0 Å². The number of thiophene rings is 1. The molecule has 0 amide bonds. The molecule has 0 spiro atoms. The van der Waals surface area contributed by atoms with E-state index < -0.39 is 0 Å². The zero-order valence-electron chi connectivity index (χ0n) is 22.9. The molecule has 1 heterocycles. The normalized spacial score (nSPS) is 11.3. The quantitative estimate of drug-likeness (QED) is 0.205. The van der Waals surface area contributed by atoms with Crippen molar-refractivity contribution in [3.8, 4) is 22.3 Å². The van der Waals surface area contributed by atoms with E-state index in [0.29, 0.717) is 0 Å². The van der Waals surface area contributed by atoms with E-state index in [-0.39, 0.29) is 0 Å². The van der Waals surface area contributed by atoms with E-state index in [1.165, 1.54) is 53.2 Å². The lowest BCUT2D eigenvalue weighted by Crippen LogP contribution is -2.09. The average molecular weight is 554 g/mol. The second-order valence-electron chi connectivity index (χ2n) is 10.6. The number of rotatable bonds is 5. The Morgan fingerprint density at radius 2 is 0.905 bits per heavy atom. The number of nitrogens with zero attached hydrogens (tertiary/aromatic N) is 1. The van der Waals surface area contributed by atoms with Gasteiger partial charge in [0.05, 0.1) is 0 Å². The van der Waals surface area contributed by atoms with Crippen molar-refractivity contribution in [1.29, 1.82) is 0 Å². The molecule has 2 heteroatoms. The molecule has 0 saturated carbocycles. The van der Waals surface area contributed by atoms with Crippen LogP contribution in [0, 0.1) is 0 Å². The Morgan fingerprint density at radius 1 is 0.357 bits per heavy atom. The summed E-state index contributed by atoms with van der Waals surface area (Å²) in [6, 6.07) is 59.0. The molecule has 0 atom stereocenters. The Morgan fingerprint density at radius 3 is 1.62 bits per heavy atom. The summed E-state index contributed by atoms with van der Waals surface area (Å²) in [7, 11) is 0. The van der Waals surface area contributed by atoms with Crippen LogP contribution in [0.4, 0.5) is 17.1 Å². The largest absolute Gasteiger partial charge is 0.311 e. The predicted octanol–water partition coefficient (Wildman–Crippen LogP) is 12.0. The van der Waals surface area contributed by atoms with E-state index in [9.17, 15) is 0 Å². The minimum Gasteiger partial charge on any atom is -0.311 e. The molecule has 1 aromatic heterocycles. The summed E-state index contributed by atoms with van der Waals surface area (Å²) >= 11 is 1.87. The van der Waals surface area contributed by atoms with Gasteiger partial charge in [-0.1, -0.05) is 109 Å². The summed E-state index contributed by atoms with van der Waals surface area (Å²) in [6.07, 6.45) is 0. The van der Waals surface area contributed by atoms with Gasteiger partial charge in [0.25, 0.3) is 0 Å². The number of para-hydroxylation sites is 1. The third kappa shape index (κ3) is 4.34. The van der Waals surface area contributed by atoms with Crippen LogP contribution < -0.4 is 4.90 Å². The number of hydrogen-bond donors (Lipinski definition) is 0. The summed E-state index contributed by atoms with van der Waals surface area (Å²) in [5.41, 5.74) is 8.27. The second-order valence-corrected chi connectivity index (χ2v) is 11.7. The molecule has 0 aliphatic heterocycles. The molecular weight excluding hydrogens is 527 g/mol. The molecule has 1 nitrogen and oxygen atoms in total. The van der Waals surface area contributed by atoms with E-state index >= 15 is 0 Å². The van der Waals surface area contributed by atoms with Gasteiger partial charge in [-0.3, -0.25) is 0 Å². The zero-order chi connectivity index (χ0) is 27.9. The first-order chi connectivity index (χ1) is 20.8. The fourth-order valence-corrected chi connectivity index (χ4v) is 7.12. The summed E-state index contributed by atoms with van der Waals surface area (Å²) in [6.45, 7) is 0. The smallest absolute Gasteiger partial charge is 0.0462 e. The standard InChI is InChI=1S/C40H27NS/c1-3-9-28(10-4-1)29-15-21-34(22-16-29)41(33-11-5-2-6-12-33)35-23-17-30(18-24-35)31-19-25-36-32(27-31)20-26-39-40(36)37-13-7-8-14-38(37)42-39/h1-27H. The van der Waals surface area contributed by atoms with E-state index in [2.05, 4.69) is 169 Å². The number of hydrogen-bond acceptors (Lipinski definition) is 2. The highest BCUT2D eigenvalue weighted by atomic mass is 32.1. The van der Waals surface area contributed by atoms with Crippen molar-refractivity contribution in [2.24, 2.45) is 0 Å². The first-order valence-corrected chi connectivity index (χ1v) is 15.1. The Balaban J connectivity index is 1.16. The summed E-state index contributed by atoms with van der Waals surface area (Å²) in [4.78, 5) is 2.32.